The molecule has 122 valence electrons. The summed E-state index contributed by atoms with van der Waals surface area (Å²) in [6.45, 7) is 5.63. The summed E-state index contributed by atoms with van der Waals surface area (Å²) in [6, 6.07) is 3.68. The van der Waals surface area contributed by atoms with Crippen molar-refractivity contribution in [3.05, 3.63) is 41.0 Å². The van der Waals surface area contributed by atoms with Gasteiger partial charge in [0.25, 0.3) is 5.91 Å². The highest BCUT2D eigenvalue weighted by Crippen LogP contribution is 2.16. The van der Waals surface area contributed by atoms with Gasteiger partial charge in [0.15, 0.2) is 0 Å². The fourth-order valence-electron chi connectivity index (χ4n) is 2.61. The van der Waals surface area contributed by atoms with E-state index in [1.165, 1.54) is 0 Å². The van der Waals surface area contributed by atoms with E-state index in [0.717, 1.165) is 31.0 Å². The summed E-state index contributed by atoms with van der Waals surface area (Å²) in [6.07, 6.45) is 2.89. The smallest absolute Gasteiger partial charge is 0.257 e. The lowest BCUT2D eigenvalue weighted by Gasteiger charge is -2.13. The van der Waals surface area contributed by atoms with E-state index in [9.17, 15) is 4.79 Å². The zero-order chi connectivity index (χ0) is 16.2. The molecule has 1 unspecified atom stereocenters. The van der Waals surface area contributed by atoms with Gasteiger partial charge in [0, 0.05) is 18.8 Å². The molecule has 1 aliphatic heterocycles. The number of aromatic nitrogens is 2. The number of amides is 1. The van der Waals surface area contributed by atoms with Crippen LogP contribution >= 0.6 is 0 Å². The van der Waals surface area contributed by atoms with E-state index in [-0.39, 0.29) is 12.0 Å². The SMILES string of the molecule is Cc1noc(C)c1C(=O)NCc1cc(OC2CCNC2)ccn1. The van der Waals surface area contributed by atoms with Gasteiger partial charge >= 0.3 is 0 Å². The summed E-state index contributed by atoms with van der Waals surface area (Å²) in [5, 5.41) is 9.88. The molecule has 1 fully saturated rings. The number of nitrogens with one attached hydrogen (secondary N) is 2. The first kappa shape index (κ1) is 15.5. The standard InChI is InChI=1S/C16H20N4O3/c1-10-15(11(2)23-20-10)16(21)19-8-12-7-13(4-6-18-12)22-14-3-5-17-9-14/h4,6-7,14,17H,3,5,8-9H2,1-2H3,(H,19,21). The molecule has 23 heavy (non-hydrogen) atoms. The fourth-order valence-corrected chi connectivity index (χ4v) is 2.61. The number of hydrogen-bond acceptors (Lipinski definition) is 6. The summed E-state index contributed by atoms with van der Waals surface area (Å²) < 4.78 is 10.9. The number of hydrogen-bond donors (Lipinski definition) is 2. The number of ether oxygens (including phenoxy) is 1. The number of carbonyl (C=O) groups excluding carboxylic acids is 1. The van der Waals surface area contributed by atoms with Crippen LogP contribution in [0.4, 0.5) is 0 Å². The second-order valence-electron chi connectivity index (χ2n) is 5.60. The highest BCUT2D eigenvalue weighted by Gasteiger charge is 2.18. The summed E-state index contributed by atoms with van der Waals surface area (Å²) >= 11 is 0. The lowest BCUT2D eigenvalue weighted by molar-refractivity contribution is 0.0948. The zero-order valence-corrected chi connectivity index (χ0v) is 13.3. The van der Waals surface area contributed by atoms with Gasteiger partial charge in [-0.15, -0.1) is 0 Å². The van der Waals surface area contributed by atoms with E-state index < -0.39 is 0 Å². The van der Waals surface area contributed by atoms with Gasteiger partial charge in [-0.05, 0) is 32.9 Å². The minimum absolute atomic E-state index is 0.196. The Morgan fingerprint density at radius 3 is 3.09 bits per heavy atom. The Morgan fingerprint density at radius 1 is 1.52 bits per heavy atom. The molecule has 1 atom stereocenters. The van der Waals surface area contributed by atoms with Gasteiger partial charge in [-0.2, -0.15) is 0 Å². The Kier molecular flexibility index (Phi) is 4.57. The van der Waals surface area contributed by atoms with E-state index in [2.05, 4.69) is 20.8 Å². The zero-order valence-electron chi connectivity index (χ0n) is 13.3. The molecule has 0 aromatic carbocycles. The number of rotatable bonds is 5. The van der Waals surface area contributed by atoms with Crippen molar-refractivity contribution in [1.29, 1.82) is 0 Å². The van der Waals surface area contributed by atoms with Crippen molar-refractivity contribution >= 4 is 5.91 Å². The van der Waals surface area contributed by atoms with Gasteiger partial charge < -0.3 is 19.9 Å². The van der Waals surface area contributed by atoms with Crippen molar-refractivity contribution in [2.45, 2.75) is 32.9 Å². The molecule has 1 aliphatic rings. The first-order valence-corrected chi connectivity index (χ1v) is 7.67. The highest BCUT2D eigenvalue weighted by atomic mass is 16.5. The predicted molar refractivity (Wildman–Crippen MR) is 83.3 cm³/mol. The molecule has 7 nitrogen and oxygen atoms in total. The van der Waals surface area contributed by atoms with Crippen LogP contribution in [0.2, 0.25) is 0 Å². The van der Waals surface area contributed by atoms with Crippen LogP contribution in [0, 0.1) is 13.8 Å². The second-order valence-corrected chi connectivity index (χ2v) is 5.60. The van der Waals surface area contributed by atoms with Crippen LogP contribution in [0.5, 0.6) is 5.75 Å². The third-order valence-corrected chi connectivity index (χ3v) is 3.80. The van der Waals surface area contributed by atoms with Crippen molar-refractivity contribution < 1.29 is 14.1 Å². The molecule has 3 heterocycles. The maximum atomic E-state index is 12.2. The van der Waals surface area contributed by atoms with Crippen molar-refractivity contribution in [3.8, 4) is 5.75 Å². The Hall–Kier alpha value is -2.41. The predicted octanol–water partition coefficient (Wildman–Crippen LogP) is 1.36. The minimum Gasteiger partial charge on any atom is -0.489 e. The van der Waals surface area contributed by atoms with Gasteiger partial charge in [-0.3, -0.25) is 9.78 Å². The number of carbonyl (C=O) groups is 1. The quantitative estimate of drug-likeness (QED) is 0.866. The van der Waals surface area contributed by atoms with Gasteiger partial charge in [0.1, 0.15) is 23.2 Å². The van der Waals surface area contributed by atoms with Crippen LogP contribution in [0.1, 0.15) is 33.9 Å². The monoisotopic (exact) mass is 316 g/mol. The average molecular weight is 316 g/mol. The molecule has 2 N–H and O–H groups in total. The van der Waals surface area contributed by atoms with E-state index in [1.54, 1.807) is 20.0 Å². The maximum absolute atomic E-state index is 12.2. The molecule has 0 bridgehead atoms. The molecular weight excluding hydrogens is 296 g/mol. The Labute approximate surface area is 134 Å². The number of pyridine rings is 1. The first-order chi connectivity index (χ1) is 11.1. The largest absolute Gasteiger partial charge is 0.489 e. The minimum atomic E-state index is -0.214. The van der Waals surface area contributed by atoms with Crippen LogP contribution in [-0.4, -0.2) is 35.2 Å². The molecule has 3 rings (SSSR count). The van der Waals surface area contributed by atoms with Crippen molar-refractivity contribution in [2.24, 2.45) is 0 Å². The number of nitrogens with zero attached hydrogens (tertiary/aromatic N) is 2. The summed E-state index contributed by atoms with van der Waals surface area (Å²) in [5.41, 5.74) is 1.81. The third-order valence-electron chi connectivity index (χ3n) is 3.80. The first-order valence-electron chi connectivity index (χ1n) is 7.67. The van der Waals surface area contributed by atoms with E-state index in [4.69, 9.17) is 9.26 Å². The lowest BCUT2D eigenvalue weighted by atomic mass is 10.2. The molecule has 2 aromatic heterocycles. The van der Waals surface area contributed by atoms with Crippen LogP contribution in [0.25, 0.3) is 0 Å². The van der Waals surface area contributed by atoms with E-state index >= 15 is 0 Å². The molecule has 1 saturated heterocycles. The van der Waals surface area contributed by atoms with Crippen LogP contribution in [0.3, 0.4) is 0 Å². The summed E-state index contributed by atoms with van der Waals surface area (Å²) in [7, 11) is 0. The maximum Gasteiger partial charge on any atom is 0.257 e. The summed E-state index contributed by atoms with van der Waals surface area (Å²) in [4.78, 5) is 16.5. The van der Waals surface area contributed by atoms with Gasteiger partial charge in [-0.25, -0.2) is 0 Å². The molecule has 0 spiro atoms. The van der Waals surface area contributed by atoms with Gasteiger partial charge in [0.05, 0.1) is 17.9 Å². The molecule has 0 aliphatic carbocycles. The van der Waals surface area contributed by atoms with Gasteiger partial charge in [0.2, 0.25) is 0 Å². The van der Waals surface area contributed by atoms with Crippen LogP contribution < -0.4 is 15.4 Å². The van der Waals surface area contributed by atoms with Gasteiger partial charge in [-0.1, -0.05) is 5.16 Å². The summed E-state index contributed by atoms with van der Waals surface area (Å²) in [5.74, 6) is 1.07. The fraction of sp³-hybridized carbons (Fsp3) is 0.438. The normalized spacial score (nSPS) is 17.2. The Balaban J connectivity index is 1.60. The third kappa shape index (κ3) is 3.68. The highest BCUT2D eigenvalue weighted by molar-refractivity contribution is 5.95. The molecule has 7 heteroatoms. The molecule has 2 aromatic rings. The van der Waals surface area contributed by atoms with E-state index in [0.29, 0.717) is 23.6 Å². The number of aryl methyl sites for hydroxylation is 2. The van der Waals surface area contributed by atoms with Crippen molar-refractivity contribution in [1.82, 2.24) is 20.8 Å². The van der Waals surface area contributed by atoms with Crippen molar-refractivity contribution in [3.63, 3.8) is 0 Å². The van der Waals surface area contributed by atoms with Crippen LogP contribution in [0.15, 0.2) is 22.9 Å². The van der Waals surface area contributed by atoms with E-state index in [1.807, 2.05) is 12.1 Å². The molecule has 0 saturated carbocycles. The molecule has 0 radical (unpaired) electrons. The topological polar surface area (TPSA) is 89.3 Å². The van der Waals surface area contributed by atoms with Crippen molar-refractivity contribution in [2.75, 3.05) is 13.1 Å². The van der Waals surface area contributed by atoms with Crippen LogP contribution in [-0.2, 0) is 6.54 Å². The molecular formula is C16H20N4O3. The Bertz CT molecular complexity index is 673. The lowest BCUT2D eigenvalue weighted by Crippen LogP contribution is -2.24. The molecule has 1 amide bonds. The Morgan fingerprint density at radius 2 is 2.39 bits per heavy atom. The average Bonchev–Trinajstić information content (AvgIpc) is 3.15. The second kappa shape index (κ2) is 6.78.